The molecule has 4 fully saturated rings. The number of nitrogens with zero attached hydrogens (tertiary/aromatic N) is 5. The number of nitrogens with one attached hydrogen (secondary N) is 1. The summed E-state index contributed by atoms with van der Waals surface area (Å²) in [4.78, 5) is 36.5. The first kappa shape index (κ1) is 22.8. The van der Waals surface area contributed by atoms with Crippen molar-refractivity contribution >= 4 is 11.8 Å². The quantitative estimate of drug-likeness (QED) is 0.593. The first-order valence-electron chi connectivity index (χ1n) is 12.8. The lowest BCUT2D eigenvalue weighted by atomic mass is 9.76. The van der Waals surface area contributed by atoms with E-state index in [1.54, 1.807) is 0 Å². The number of piperidine rings is 1. The SMILES string of the molecule is Cc1noc(C2CC3(CCN(C(=O)C4CC4)CC3)CN2CC(=O)NCCCN2CCCC2)n1. The van der Waals surface area contributed by atoms with Crippen molar-refractivity contribution in [3.8, 4) is 0 Å². The largest absolute Gasteiger partial charge is 0.355 e. The van der Waals surface area contributed by atoms with E-state index in [9.17, 15) is 9.59 Å². The summed E-state index contributed by atoms with van der Waals surface area (Å²) < 4.78 is 5.54. The minimum atomic E-state index is -0.0350. The van der Waals surface area contributed by atoms with Crippen molar-refractivity contribution in [2.24, 2.45) is 11.3 Å². The zero-order valence-electron chi connectivity index (χ0n) is 19.9. The number of amides is 2. The zero-order chi connectivity index (χ0) is 22.8. The molecule has 3 aliphatic heterocycles. The number of carbonyl (C=O) groups is 2. The minimum absolute atomic E-state index is 0.0350. The zero-order valence-corrected chi connectivity index (χ0v) is 19.9. The molecule has 0 aromatic carbocycles. The van der Waals surface area contributed by atoms with Gasteiger partial charge in [0.1, 0.15) is 0 Å². The number of aryl methyl sites for hydroxylation is 1. The molecular formula is C24H38N6O3. The Kier molecular flexibility index (Phi) is 6.69. The molecule has 1 N–H and O–H groups in total. The fraction of sp³-hybridized carbons (Fsp3) is 0.833. The molecule has 4 heterocycles. The average Bonchev–Trinajstić information content (AvgIpc) is 3.18. The molecule has 182 valence electrons. The number of rotatable bonds is 8. The van der Waals surface area contributed by atoms with E-state index in [0.717, 1.165) is 71.2 Å². The predicted molar refractivity (Wildman–Crippen MR) is 122 cm³/mol. The highest BCUT2D eigenvalue weighted by Gasteiger charge is 2.49. The van der Waals surface area contributed by atoms with E-state index >= 15 is 0 Å². The van der Waals surface area contributed by atoms with Crippen molar-refractivity contribution in [3.05, 3.63) is 11.7 Å². The first-order chi connectivity index (χ1) is 16.0. The topological polar surface area (TPSA) is 94.8 Å². The van der Waals surface area contributed by atoms with Gasteiger partial charge in [0, 0.05) is 32.1 Å². The maximum Gasteiger partial charge on any atom is 0.244 e. The van der Waals surface area contributed by atoms with E-state index in [2.05, 4.69) is 30.2 Å². The van der Waals surface area contributed by atoms with Crippen LogP contribution in [-0.4, -0.2) is 89.0 Å². The van der Waals surface area contributed by atoms with Gasteiger partial charge in [0.2, 0.25) is 17.7 Å². The van der Waals surface area contributed by atoms with Crippen LogP contribution in [-0.2, 0) is 9.59 Å². The third-order valence-corrected chi connectivity index (χ3v) is 8.02. The van der Waals surface area contributed by atoms with Gasteiger partial charge in [-0.05, 0) is 83.3 Å². The van der Waals surface area contributed by atoms with Gasteiger partial charge in [0.15, 0.2) is 5.82 Å². The number of likely N-dealkylation sites (tertiary alicyclic amines) is 3. The van der Waals surface area contributed by atoms with Crippen LogP contribution in [0.3, 0.4) is 0 Å². The second kappa shape index (κ2) is 9.70. The second-order valence-electron chi connectivity index (χ2n) is 10.7. The summed E-state index contributed by atoms with van der Waals surface area (Å²) >= 11 is 0. The molecule has 1 unspecified atom stereocenters. The van der Waals surface area contributed by atoms with E-state index in [1.165, 1.54) is 25.9 Å². The van der Waals surface area contributed by atoms with Crippen LogP contribution in [0, 0.1) is 18.3 Å². The van der Waals surface area contributed by atoms with Crippen molar-refractivity contribution in [2.75, 3.05) is 52.4 Å². The molecule has 1 atom stereocenters. The molecule has 1 saturated carbocycles. The fourth-order valence-electron chi connectivity index (χ4n) is 5.93. The van der Waals surface area contributed by atoms with Gasteiger partial charge in [-0.15, -0.1) is 0 Å². The summed E-state index contributed by atoms with van der Waals surface area (Å²) in [7, 11) is 0. The summed E-state index contributed by atoms with van der Waals surface area (Å²) in [5.74, 6) is 1.93. The molecule has 9 nitrogen and oxygen atoms in total. The fourth-order valence-corrected chi connectivity index (χ4v) is 5.93. The molecule has 33 heavy (non-hydrogen) atoms. The van der Waals surface area contributed by atoms with Crippen molar-refractivity contribution in [1.29, 1.82) is 0 Å². The van der Waals surface area contributed by atoms with Crippen LogP contribution in [0.4, 0.5) is 0 Å². The van der Waals surface area contributed by atoms with Crippen LogP contribution in [0.15, 0.2) is 4.52 Å². The van der Waals surface area contributed by atoms with Gasteiger partial charge >= 0.3 is 0 Å². The molecule has 3 saturated heterocycles. The molecule has 0 radical (unpaired) electrons. The Labute approximate surface area is 196 Å². The Bertz CT molecular complexity index is 839. The lowest BCUT2D eigenvalue weighted by Gasteiger charge is -2.39. The monoisotopic (exact) mass is 458 g/mol. The van der Waals surface area contributed by atoms with Gasteiger partial charge in [0.05, 0.1) is 12.6 Å². The molecule has 1 spiro atoms. The summed E-state index contributed by atoms with van der Waals surface area (Å²) in [6.45, 7) is 8.83. The number of aromatic nitrogens is 2. The van der Waals surface area contributed by atoms with E-state index in [0.29, 0.717) is 24.2 Å². The van der Waals surface area contributed by atoms with Gasteiger partial charge in [-0.2, -0.15) is 4.98 Å². The van der Waals surface area contributed by atoms with Gasteiger partial charge in [-0.25, -0.2) is 0 Å². The van der Waals surface area contributed by atoms with E-state index in [-0.39, 0.29) is 23.3 Å². The van der Waals surface area contributed by atoms with Crippen LogP contribution in [0.25, 0.3) is 0 Å². The van der Waals surface area contributed by atoms with Gasteiger partial charge < -0.3 is 19.6 Å². The summed E-state index contributed by atoms with van der Waals surface area (Å²) in [6.07, 6.45) is 8.55. The van der Waals surface area contributed by atoms with Crippen molar-refractivity contribution in [2.45, 2.75) is 64.3 Å². The molecule has 5 rings (SSSR count). The lowest BCUT2D eigenvalue weighted by Crippen LogP contribution is -2.45. The van der Waals surface area contributed by atoms with Crippen LogP contribution in [0.1, 0.15) is 69.1 Å². The Hall–Kier alpha value is -2.00. The highest BCUT2D eigenvalue weighted by Crippen LogP contribution is 2.49. The van der Waals surface area contributed by atoms with Crippen LogP contribution in [0.5, 0.6) is 0 Å². The number of hydrogen-bond acceptors (Lipinski definition) is 7. The molecule has 2 amide bonds. The average molecular weight is 459 g/mol. The molecule has 9 heteroatoms. The van der Waals surface area contributed by atoms with Crippen molar-refractivity contribution < 1.29 is 14.1 Å². The smallest absolute Gasteiger partial charge is 0.244 e. The Morgan fingerprint density at radius 3 is 2.58 bits per heavy atom. The van der Waals surface area contributed by atoms with Crippen LogP contribution >= 0.6 is 0 Å². The van der Waals surface area contributed by atoms with Gasteiger partial charge in [-0.3, -0.25) is 14.5 Å². The highest BCUT2D eigenvalue weighted by atomic mass is 16.5. The second-order valence-corrected chi connectivity index (χ2v) is 10.7. The molecule has 1 aromatic heterocycles. The maximum atomic E-state index is 12.8. The summed E-state index contributed by atoms with van der Waals surface area (Å²) in [5, 5.41) is 7.11. The van der Waals surface area contributed by atoms with Gasteiger partial charge in [0.25, 0.3) is 0 Å². The highest BCUT2D eigenvalue weighted by molar-refractivity contribution is 5.81. The molecule has 4 aliphatic rings. The van der Waals surface area contributed by atoms with Crippen LogP contribution < -0.4 is 5.32 Å². The normalized spacial score (nSPS) is 25.7. The Morgan fingerprint density at radius 2 is 1.91 bits per heavy atom. The third kappa shape index (κ3) is 5.40. The summed E-state index contributed by atoms with van der Waals surface area (Å²) in [5.41, 5.74) is 0.101. The number of hydrogen-bond donors (Lipinski definition) is 1. The summed E-state index contributed by atoms with van der Waals surface area (Å²) in [6, 6.07) is -0.0350. The Balaban J connectivity index is 1.16. The molecular weight excluding hydrogens is 420 g/mol. The first-order valence-corrected chi connectivity index (χ1v) is 12.8. The van der Waals surface area contributed by atoms with Crippen LogP contribution in [0.2, 0.25) is 0 Å². The minimum Gasteiger partial charge on any atom is -0.355 e. The van der Waals surface area contributed by atoms with E-state index in [4.69, 9.17) is 4.52 Å². The Morgan fingerprint density at radius 1 is 1.15 bits per heavy atom. The lowest BCUT2D eigenvalue weighted by molar-refractivity contribution is -0.134. The van der Waals surface area contributed by atoms with Crippen molar-refractivity contribution in [1.82, 2.24) is 30.2 Å². The van der Waals surface area contributed by atoms with E-state index in [1.807, 2.05) is 6.92 Å². The predicted octanol–water partition coefficient (Wildman–Crippen LogP) is 1.75. The maximum absolute atomic E-state index is 12.8. The molecule has 1 aromatic rings. The number of carbonyl (C=O) groups excluding carboxylic acids is 2. The molecule has 0 bridgehead atoms. The third-order valence-electron chi connectivity index (χ3n) is 8.02. The van der Waals surface area contributed by atoms with Gasteiger partial charge in [-0.1, -0.05) is 5.16 Å². The van der Waals surface area contributed by atoms with E-state index < -0.39 is 0 Å². The standard InChI is InChI=1S/C24H38N6O3/c1-18-26-22(33-27-18)20-15-24(7-13-29(14-8-24)23(32)19-5-6-19)17-30(20)16-21(31)25-9-4-12-28-10-2-3-11-28/h19-20H,2-17H2,1H3,(H,25,31). The molecule has 1 aliphatic carbocycles. The van der Waals surface area contributed by atoms with Crippen molar-refractivity contribution in [3.63, 3.8) is 0 Å².